The molecule has 0 amide bonds. The summed E-state index contributed by atoms with van der Waals surface area (Å²) in [7, 11) is 1.66. The van der Waals surface area contributed by atoms with Gasteiger partial charge in [0.2, 0.25) is 0 Å². The van der Waals surface area contributed by atoms with E-state index < -0.39 is 0 Å². The normalized spacial score (nSPS) is 12.2. The number of nitrogens with two attached hydrogens (primary N) is 1. The molecular weight excluding hydrogens is 218 g/mol. The first-order valence-electron chi connectivity index (χ1n) is 5.52. The third-order valence-corrected chi connectivity index (χ3v) is 2.49. The summed E-state index contributed by atoms with van der Waals surface area (Å²) in [6.45, 7) is 5.39. The topological polar surface area (TPSA) is 88.1 Å². The summed E-state index contributed by atoms with van der Waals surface area (Å²) in [6.07, 6.45) is 3.14. The quantitative estimate of drug-likeness (QED) is 0.559. The monoisotopic (exact) mass is 237 g/mol. The van der Waals surface area contributed by atoms with Crippen molar-refractivity contribution < 1.29 is 4.74 Å². The molecule has 1 rings (SSSR count). The Morgan fingerprint density at radius 2 is 2.18 bits per heavy atom. The Bertz CT molecular complexity index is 382. The number of nitrogens with one attached hydrogen (secondary N) is 1. The van der Waals surface area contributed by atoms with E-state index in [2.05, 4.69) is 9.97 Å². The van der Waals surface area contributed by atoms with E-state index in [1.807, 2.05) is 18.7 Å². The molecule has 6 nitrogen and oxygen atoms in total. The number of methoxy groups -OCH3 is 1. The Labute approximate surface area is 101 Å². The number of ether oxygens (including phenoxy) is 1. The molecule has 1 atom stereocenters. The Hall–Kier alpha value is -1.69. The molecule has 0 aliphatic carbocycles. The minimum absolute atomic E-state index is 0.0730. The van der Waals surface area contributed by atoms with Crippen LogP contribution in [0.25, 0.3) is 0 Å². The van der Waals surface area contributed by atoms with Crippen molar-refractivity contribution in [1.29, 1.82) is 5.41 Å². The van der Waals surface area contributed by atoms with Crippen LogP contribution in [0.2, 0.25) is 0 Å². The van der Waals surface area contributed by atoms with Gasteiger partial charge in [-0.2, -0.15) is 0 Å². The van der Waals surface area contributed by atoms with Gasteiger partial charge in [-0.3, -0.25) is 5.41 Å². The summed E-state index contributed by atoms with van der Waals surface area (Å²) >= 11 is 0. The van der Waals surface area contributed by atoms with Gasteiger partial charge in [0.1, 0.15) is 11.5 Å². The molecule has 0 aliphatic heterocycles. The van der Waals surface area contributed by atoms with E-state index in [4.69, 9.17) is 15.9 Å². The van der Waals surface area contributed by atoms with Crippen molar-refractivity contribution >= 4 is 11.7 Å². The van der Waals surface area contributed by atoms with Crippen LogP contribution in [0, 0.1) is 5.41 Å². The molecule has 0 bridgehead atoms. The van der Waals surface area contributed by atoms with Crippen LogP contribution in [0.1, 0.15) is 19.5 Å². The van der Waals surface area contributed by atoms with Gasteiger partial charge in [-0.15, -0.1) is 0 Å². The predicted octanol–water partition coefficient (Wildman–Crippen LogP) is 0.622. The maximum atomic E-state index is 7.50. The molecule has 6 heteroatoms. The van der Waals surface area contributed by atoms with E-state index in [0.29, 0.717) is 18.1 Å². The van der Waals surface area contributed by atoms with Gasteiger partial charge in [0.25, 0.3) is 0 Å². The van der Waals surface area contributed by atoms with Crippen LogP contribution in [-0.4, -0.2) is 42.1 Å². The second-order valence-corrected chi connectivity index (χ2v) is 3.73. The van der Waals surface area contributed by atoms with Gasteiger partial charge in [-0.05, 0) is 13.8 Å². The van der Waals surface area contributed by atoms with Gasteiger partial charge in [0.15, 0.2) is 5.82 Å². The van der Waals surface area contributed by atoms with Crippen LogP contribution in [-0.2, 0) is 4.74 Å². The van der Waals surface area contributed by atoms with Crippen molar-refractivity contribution in [3.8, 4) is 0 Å². The molecule has 1 aromatic heterocycles. The van der Waals surface area contributed by atoms with E-state index in [1.165, 1.54) is 6.20 Å². The molecule has 0 spiro atoms. The standard InChI is InChI=1S/C11H19N5O/c1-4-16(8(2)7-17-3)11-9(10(12)13)14-5-6-15-11/h5-6,8H,4,7H2,1-3H3,(H3,12,13). The van der Waals surface area contributed by atoms with E-state index in [0.717, 1.165) is 6.54 Å². The molecule has 0 radical (unpaired) electrons. The lowest BCUT2D eigenvalue weighted by Gasteiger charge is -2.29. The SMILES string of the molecule is CCN(c1nccnc1C(=N)N)C(C)COC. The average Bonchev–Trinajstić information content (AvgIpc) is 2.31. The lowest BCUT2D eigenvalue weighted by molar-refractivity contribution is 0.181. The average molecular weight is 237 g/mol. The second kappa shape index (κ2) is 6.15. The van der Waals surface area contributed by atoms with Crippen LogP contribution in [0.5, 0.6) is 0 Å². The van der Waals surface area contributed by atoms with E-state index in [9.17, 15) is 0 Å². The van der Waals surface area contributed by atoms with Crippen LogP contribution >= 0.6 is 0 Å². The smallest absolute Gasteiger partial charge is 0.158 e. The molecule has 0 aromatic carbocycles. The summed E-state index contributed by atoms with van der Waals surface area (Å²) in [5.41, 5.74) is 5.92. The van der Waals surface area contributed by atoms with Crippen LogP contribution in [0.4, 0.5) is 5.82 Å². The van der Waals surface area contributed by atoms with Crippen molar-refractivity contribution in [1.82, 2.24) is 9.97 Å². The maximum absolute atomic E-state index is 7.50. The highest BCUT2D eigenvalue weighted by molar-refractivity contribution is 5.97. The predicted molar refractivity (Wildman–Crippen MR) is 67.4 cm³/mol. The van der Waals surface area contributed by atoms with Gasteiger partial charge in [-0.1, -0.05) is 0 Å². The Morgan fingerprint density at radius 3 is 2.71 bits per heavy atom. The highest BCUT2D eigenvalue weighted by atomic mass is 16.5. The Kier molecular flexibility index (Phi) is 4.84. The number of rotatable bonds is 6. The number of anilines is 1. The van der Waals surface area contributed by atoms with Crippen molar-refractivity contribution in [3.63, 3.8) is 0 Å². The molecule has 1 heterocycles. The molecule has 0 aliphatic rings. The van der Waals surface area contributed by atoms with E-state index in [-0.39, 0.29) is 11.9 Å². The highest BCUT2D eigenvalue weighted by Gasteiger charge is 2.19. The molecule has 94 valence electrons. The zero-order valence-electron chi connectivity index (χ0n) is 10.5. The number of nitrogen functional groups attached to an aromatic ring is 1. The van der Waals surface area contributed by atoms with Crippen LogP contribution in [0.15, 0.2) is 12.4 Å². The summed E-state index contributed by atoms with van der Waals surface area (Å²) in [5.74, 6) is 0.559. The van der Waals surface area contributed by atoms with Gasteiger partial charge >= 0.3 is 0 Å². The number of amidine groups is 1. The zero-order chi connectivity index (χ0) is 12.8. The fraction of sp³-hybridized carbons (Fsp3) is 0.545. The summed E-state index contributed by atoms with van der Waals surface area (Å²) < 4.78 is 5.13. The minimum atomic E-state index is -0.0730. The second-order valence-electron chi connectivity index (χ2n) is 3.73. The third kappa shape index (κ3) is 3.13. The molecule has 17 heavy (non-hydrogen) atoms. The molecule has 0 saturated carbocycles. The molecule has 0 fully saturated rings. The van der Waals surface area contributed by atoms with Crippen molar-refractivity contribution in [2.24, 2.45) is 5.73 Å². The summed E-state index contributed by atoms with van der Waals surface area (Å²) in [5, 5.41) is 7.50. The van der Waals surface area contributed by atoms with Crippen LogP contribution < -0.4 is 10.6 Å². The van der Waals surface area contributed by atoms with Gasteiger partial charge in [0.05, 0.1) is 12.6 Å². The summed E-state index contributed by atoms with van der Waals surface area (Å²) in [6, 6.07) is 0.153. The van der Waals surface area contributed by atoms with Gasteiger partial charge < -0.3 is 15.4 Å². The van der Waals surface area contributed by atoms with E-state index >= 15 is 0 Å². The van der Waals surface area contributed by atoms with Crippen LogP contribution in [0.3, 0.4) is 0 Å². The first kappa shape index (κ1) is 13.4. The van der Waals surface area contributed by atoms with Crippen molar-refractivity contribution in [2.75, 3.05) is 25.2 Å². The molecule has 1 aromatic rings. The number of hydrogen-bond acceptors (Lipinski definition) is 5. The highest BCUT2D eigenvalue weighted by Crippen LogP contribution is 2.17. The zero-order valence-corrected chi connectivity index (χ0v) is 10.5. The number of likely N-dealkylation sites (N-methyl/N-ethyl adjacent to an activating group) is 1. The largest absolute Gasteiger partial charge is 0.383 e. The molecule has 0 saturated heterocycles. The van der Waals surface area contributed by atoms with Gasteiger partial charge in [-0.25, -0.2) is 9.97 Å². The van der Waals surface area contributed by atoms with Gasteiger partial charge in [0, 0.05) is 26.0 Å². The fourth-order valence-corrected chi connectivity index (χ4v) is 1.73. The van der Waals surface area contributed by atoms with Crippen molar-refractivity contribution in [3.05, 3.63) is 18.1 Å². The minimum Gasteiger partial charge on any atom is -0.383 e. The maximum Gasteiger partial charge on any atom is 0.158 e. The fourth-order valence-electron chi connectivity index (χ4n) is 1.73. The summed E-state index contributed by atoms with van der Waals surface area (Å²) in [4.78, 5) is 10.4. The first-order valence-corrected chi connectivity index (χ1v) is 5.52. The van der Waals surface area contributed by atoms with E-state index in [1.54, 1.807) is 13.3 Å². The van der Waals surface area contributed by atoms with Crippen molar-refractivity contribution in [2.45, 2.75) is 19.9 Å². The number of aromatic nitrogens is 2. The molecular formula is C11H19N5O. The lowest BCUT2D eigenvalue weighted by atomic mass is 10.2. The molecule has 3 N–H and O–H groups in total. The molecule has 1 unspecified atom stereocenters. The Balaban J connectivity index is 3.06. The number of nitrogens with zero attached hydrogens (tertiary/aromatic N) is 3. The first-order chi connectivity index (χ1) is 8.11. The third-order valence-electron chi connectivity index (χ3n) is 2.49. The lowest BCUT2D eigenvalue weighted by Crippen LogP contribution is -2.38. The Morgan fingerprint density at radius 1 is 1.53 bits per heavy atom. The number of hydrogen-bond donors (Lipinski definition) is 2.